The van der Waals surface area contributed by atoms with Crippen molar-refractivity contribution in [2.24, 2.45) is 0 Å². The molecule has 0 spiro atoms. The molecule has 0 N–H and O–H groups in total. The minimum Gasteiger partial charge on any atom is -0.229 e. The molecule has 0 aliphatic carbocycles. The molecule has 0 bridgehead atoms. The highest BCUT2D eigenvalue weighted by molar-refractivity contribution is 7.92. The minimum atomic E-state index is -3.72. The average Bonchev–Trinajstić information content (AvgIpc) is 2.86. The molecule has 0 radical (unpaired) electrons. The second-order valence-corrected chi connectivity index (χ2v) is 10.9. The van der Waals surface area contributed by atoms with E-state index < -0.39 is 25.9 Å². The minimum absolute atomic E-state index is 0.0619. The van der Waals surface area contributed by atoms with Gasteiger partial charge in [-0.3, -0.25) is 0 Å². The van der Waals surface area contributed by atoms with Crippen LogP contribution in [0.25, 0.3) is 0 Å². The number of sulfone groups is 1. The van der Waals surface area contributed by atoms with Crippen molar-refractivity contribution in [3.63, 3.8) is 0 Å². The molecule has 0 amide bonds. The van der Waals surface area contributed by atoms with Gasteiger partial charge in [-0.25, -0.2) is 16.8 Å². The molecular formula is C17H27NO4S2. The lowest BCUT2D eigenvalue weighted by molar-refractivity contribution is 0.271. The summed E-state index contributed by atoms with van der Waals surface area (Å²) in [5.74, 6) is 0.306. The Hall–Kier alpha value is -0.920. The zero-order chi connectivity index (χ0) is 18.1. The van der Waals surface area contributed by atoms with Crippen LogP contribution < -0.4 is 0 Å². The van der Waals surface area contributed by atoms with Crippen LogP contribution in [0.1, 0.15) is 52.0 Å². The van der Waals surface area contributed by atoms with Crippen LogP contribution in [0.15, 0.2) is 29.2 Å². The van der Waals surface area contributed by atoms with Crippen molar-refractivity contribution >= 4 is 19.9 Å². The highest BCUT2D eigenvalue weighted by Gasteiger charge is 2.40. The summed E-state index contributed by atoms with van der Waals surface area (Å²) >= 11 is 0. The van der Waals surface area contributed by atoms with E-state index >= 15 is 0 Å². The third-order valence-electron chi connectivity index (χ3n) is 4.72. The lowest BCUT2D eigenvalue weighted by Gasteiger charge is -2.32. The van der Waals surface area contributed by atoms with E-state index in [-0.39, 0.29) is 22.4 Å². The lowest BCUT2D eigenvalue weighted by atomic mass is 10.0. The van der Waals surface area contributed by atoms with Gasteiger partial charge in [-0.05, 0) is 43.4 Å². The Morgan fingerprint density at radius 3 is 2.17 bits per heavy atom. The highest BCUT2D eigenvalue weighted by Crippen LogP contribution is 2.29. The van der Waals surface area contributed by atoms with Crippen LogP contribution in [-0.2, 0) is 19.9 Å². The molecule has 1 heterocycles. The fourth-order valence-electron chi connectivity index (χ4n) is 3.10. The molecular weight excluding hydrogens is 346 g/mol. The first-order chi connectivity index (χ1) is 11.1. The first-order valence-electron chi connectivity index (χ1n) is 8.42. The molecule has 136 valence electrons. The van der Waals surface area contributed by atoms with Gasteiger partial charge in [0.05, 0.1) is 16.4 Å². The van der Waals surface area contributed by atoms with Crippen molar-refractivity contribution in [3.8, 4) is 0 Å². The molecule has 0 aromatic heterocycles. The Balaban J connectivity index is 2.40. The summed E-state index contributed by atoms with van der Waals surface area (Å²) in [6.07, 6.45) is 1.01. The third-order valence-corrected chi connectivity index (χ3v) is 8.55. The summed E-state index contributed by atoms with van der Waals surface area (Å²) in [4.78, 5) is 0.233. The van der Waals surface area contributed by atoms with Gasteiger partial charge in [-0.15, -0.1) is 0 Å². The van der Waals surface area contributed by atoms with Gasteiger partial charge in [-0.2, -0.15) is 4.31 Å². The largest absolute Gasteiger partial charge is 0.243 e. The molecule has 1 aliphatic rings. The zero-order valence-corrected chi connectivity index (χ0v) is 16.4. The van der Waals surface area contributed by atoms with Gasteiger partial charge in [0.2, 0.25) is 10.0 Å². The van der Waals surface area contributed by atoms with E-state index in [1.165, 1.54) is 4.31 Å². The van der Waals surface area contributed by atoms with Crippen LogP contribution >= 0.6 is 0 Å². The van der Waals surface area contributed by atoms with Crippen LogP contribution in [0.2, 0.25) is 0 Å². The van der Waals surface area contributed by atoms with E-state index in [1.807, 2.05) is 26.0 Å². The molecule has 1 fully saturated rings. The maximum Gasteiger partial charge on any atom is 0.243 e. The maximum absolute atomic E-state index is 13.1. The summed E-state index contributed by atoms with van der Waals surface area (Å²) in [5, 5.41) is 0. The molecule has 1 aromatic carbocycles. The van der Waals surface area contributed by atoms with Gasteiger partial charge in [-0.1, -0.05) is 32.9 Å². The second kappa shape index (κ2) is 7.14. The molecule has 24 heavy (non-hydrogen) atoms. The van der Waals surface area contributed by atoms with Gasteiger partial charge in [0.15, 0.2) is 9.84 Å². The number of hydrogen-bond donors (Lipinski definition) is 0. The van der Waals surface area contributed by atoms with E-state index in [2.05, 4.69) is 13.8 Å². The van der Waals surface area contributed by atoms with Crippen LogP contribution in [0, 0.1) is 0 Å². The van der Waals surface area contributed by atoms with Gasteiger partial charge >= 0.3 is 0 Å². The summed E-state index contributed by atoms with van der Waals surface area (Å²) in [7, 11) is -6.87. The van der Waals surface area contributed by atoms with Crippen molar-refractivity contribution in [1.29, 1.82) is 0 Å². The van der Waals surface area contributed by atoms with Crippen LogP contribution in [0.4, 0.5) is 0 Å². The van der Waals surface area contributed by atoms with Crippen molar-refractivity contribution < 1.29 is 16.8 Å². The topological polar surface area (TPSA) is 71.5 Å². The second-order valence-electron chi connectivity index (χ2n) is 6.87. The molecule has 1 aromatic rings. The molecule has 1 saturated heterocycles. The maximum atomic E-state index is 13.1. The fourth-order valence-corrected chi connectivity index (χ4v) is 6.82. The van der Waals surface area contributed by atoms with Gasteiger partial charge in [0, 0.05) is 12.1 Å². The lowest BCUT2D eigenvalue weighted by Crippen LogP contribution is -2.46. The van der Waals surface area contributed by atoms with Crippen molar-refractivity contribution in [2.45, 2.75) is 63.4 Å². The van der Waals surface area contributed by atoms with Gasteiger partial charge in [0.1, 0.15) is 0 Å². The predicted molar refractivity (Wildman–Crippen MR) is 96.4 cm³/mol. The number of nitrogens with zero attached hydrogens (tertiary/aromatic N) is 1. The Morgan fingerprint density at radius 2 is 1.75 bits per heavy atom. The monoisotopic (exact) mass is 373 g/mol. The zero-order valence-electron chi connectivity index (χ0n) is 14.8. The number of hydrogen-bond acceptors (Lipinski definition) is 4. The van der Waals surface area contributed by atoms with Crippen LogP contribution in [-0.4, -0.2) is 44.7 Å². The van der Waals surface area contributed by atoms with E-state index in [0.717, 1.165) is 5.56 Å². The molecule has 1 aliphatic heterocycles. The quantitative estimate of drug-likeness (QED) is 0.769. The van der Waals surface area contributed by atoms with Crippen molar-refractivity contribution in [3.05, 3.63) is 29.8 Å². The molecule has 2 atom stereocenters. The van der Waals surface area contributed by atoms with E-state index in [1.54, 1.807) is 12.1 Å². The molecule has 0 unspecified atom stereocenters. The summed E-state index contributed by atoms with van der Waals surface area (Å²) < 4.78 is 51.3. The SMILES string of the molecule is CC[C@H](C)N([C@@H]1CCS(=O)(=O)C1)S(=O)(=O)c1ccc(C(C)C)cc1. The number of sulfonamides is 1. The van der Waals surface area contributed by atoms with Crippen LogP contribution in [0.5, 0.6) is 0 Å². The number of rotatable bonds is 6. The third kappa shape index (κ3) is 4.00. The predicted octanol–water partition coefficient (Wildman–Crippen LogP) is 2.79. The first kappa shape index (κ1) is 19.4. The Morgan fingerprint density at radius 1 is 1.17 bits per heavy atom. The van der Waals surface area contributed by atoms with E-state index in [9.17, 15) is 16.8 Å². The average molecular weight is 374 g/mol. The van der Waals surface area contributed by atoms with Crippen LogP contribution in [0.3, 0.4) is 0 Å². The Bertz CT molecular complexity index is 767. The van der Waals surface area contributed by atoms with Crippen molar-refractivity contribution in [1.82, 2.24) is 4.31 Å². The standard InChI is InChI=1S/C17H27NO4S2/c1-5-14(4)18(16-10-11-23(19,20)12-16)24(21,22)17-8-6-15(7-9-17)13(2)3/h6-9,13-14,16H,5,10-12H2,1-4H3/t14-,16+/m0/s1. The Kier molecular flexibility index (Phi) is 5.77. The van der Waals surface area contributed by atoms with Gasteiger partial charge < -0.3 is 0 Å². The molecule has 2 rings (SSSR count). The fraction of sp³-hybridized carbons (Fsp3) is 0.647. The Labute approximate surface area is 146 Å². The summed E-state index contributed by atoms with van der Waals surface area (Å²) in [6, 6.07) is 6.21. The molecule has 7 heteroatoms. The molecule has 5 nitrogen and oxygen atoms in total. The first-order valence-corrected chi connectivity index (χ1v) is 11.7. The van der Waals surface area contributed by atoms with E-state index in [0.29, 0.717) is 18.8 Å². The van der Waals surface area contributed by atoms with Gasteiger partial charge in [0.25, 0.3) is 0 Å². The normalized spacial score (nSPS) is 22.2. The van der Waals surface area contributed by atoms with E-state index in [4.69, 9.17) is 0 Å². The highest BCUT2D eigenvalue weighted by atomic mass is 32.2. The van der Waals surface area contributed by atoms with Crippen molar-refractivity contribution in [2.75, 3.05) is 11.5 Å². The summed E-state index contributed by atoms with van der Waals surface area (Å²) in [5.41, 5.74) is 1.08. The summed E-state index contributed by atoms with van der Waals surface area (Å²) in [6.45, 7) is 7.86. The number of benzene rings is 1. The smallest absolute Gasteiger partial charge is 0.229 e. The molecule has 0 saturated carbocycles.